The number of hydrogen-bond donors (Lipinski definition) is 1. The minimum atomic E-state index is -0.271. The molecule has 25 heavy (non-hydrogen) atoms. The number of nitrogens with one attached hydrogen (secondary N) is 1. The first-order valence-electron chi connectivity index (χ1n) is 8.18. The van der Waals surface area contributed by atoms with Gasteiger partial charge in [0.1, 0.15) is 13.2 Å². The van der Waals surface area contributed by atoms with E-state index in [-0.39, 0.29) is 11.9 Å². The second kappa shape index (κ2) is 7.89. The molecule has 5 nitrogen and oxygen atoms in total. The quantitative estimate of drug-likeness (QED) is 0.825. The smallest absolute Gasteiger partial charge is 0.241 e. The summed E-state index contributed by atoms with van der Waals surface area (Å²) in [5.74, 6) is 1.50. The van der Waals surface area contributed by atoms with Gasteiger partial charge >= 0.3 is 0 Å². The van der Waals surface area contributed by atoms with E-state index in [1.54, 1.807) is 0 Å². The zero-order chi connectivity index (χ0) is 17.8. The molecule has 132 valence electrons. The van der Waals surface area contributed by atoms with Gasteiger partial charge in [-0.3, -0.25) is 9.69 Å². The summed E-state index contributed by atoms with van der Waals surface area (Å²) in [7, 11) is 1.93. The molecule has 0 saturated heterocycles. The summed E-state index contributed by atoms with van der Waals surface area (Å²) in [4.78, 5) is 14.5. The average Bonchev–Trinajstić information content (AvgIpc) is 2.61. The van der Waals surface area contributed by atoms with Gasteiger partial charge in [-0.1, -0.05) is 28.1 Å². The molecule has 0 aromatic heterocycles. The van der Waals surface area contributed by atoms with E-state index in [2.05, 4.69) is 21.2 Å². The Morgan fingerprint density at radius 3 is 2.72 bits per heavy atom. The SMILES string of the molecule is C[C@@H](C(=O)Nc1cccc(Br)c1)N(C)Cc1ccc2c(c1)OCCO2. The highest BCUT2D eigenvalue weighted by Gasteiger charge is 2.19. The molecule has 0 saturated carbocycles. The second-order valence-electron chi connectivity index (χ2n) is 6.07. The zero-order valence-electron chi connectivity index (χ0n) is 14.3. The summed E-state index contributed by atoms with van der Waals surface area (Å²) in [5.41, 5.74) is 1.85. The Hall–Kier alpha value is -2.05. The van der Waals surface area contributed by atoms with Gasteiger partial charge in [0.25, 0.3) is 0 Å². The maximum atomic E-state index is 12.5. The largest absolute Gasteiger partial charge is 0.486 e. The molecule has 2 aromatic rings. The van der Waals surface area contributed by atoms with Crippen LogP contribution in [0.25, 0.3) is 0 Å². The molecule has 0 bridgehead atoms. The van der Waals surface area contributed by atoms with Gasteiger partial charge in [0.05, 0.1) is 6.04 Å². The third-order valence-electron chi connectivity index (χ3n) is 4.17. The van der Waals surface area contributed by atoms with Crippen LogP contribution in [0.3, 0.4) is 0 Å². The molecule has 0 unspecified atom stereocenters. The van der Waals surface area contributed by atoms with E-state index in [9.17, 15) is 4.79 Å². The van der Waals surface area contributed by atoms with Crippen LogP contribution in [0, 0.1) is 0 Å². The topological polar surface area (TPSA) is 50.8 Å². The Bertz CT molecular complexity index is 766. The van der Waals surface area contributed by atoms with Crippen LogP contribution in [0.4, 0.5) is 5.69 Å². The molecule has 0 spiro atoms. The number of anilines is 1. The number of halogens is 1. The number of nitrogens with zero attached hydrogens (tertiary/aromatic N) is 1. The number of fused-ring (bicyclic) bond motifs is 1. The lowest BCUT2D eigenvalue weighted by Gasteiger charge is -2.25. The summed E-state index contributed by atoms with van der Waals surface area (Å²) in [5, 5.41) is 2.94. The van der Waals surface area contributed by atoms with Crippen molar-refractivity contribution in [3.05, 3.63) is 52.5 Å². The number of rotatable bonds is 5. The fraction of sp³-hybridized carbons (Fsp3) is 0.316. The van der Waals surface area contributed by atoms with Crippen molar-refractivity contribution >= 4 is 27.5 Å². The number of amides is 1. The number of carbonyl (C=O) groups excluding carboxylic acids is 1. The van der Waals surface area contributed by atoms with E-state index < -0.39 is 0 Å². The van der Waals surface area contributed by atoms with E-state index in [0.29, 0.717) is 19.8 Å². The predicted octanol–water partition coefficient (Wildman–Crippen LogP) is 3.68. The fourth-order valence-corrected chi connectivity index (χ4v) is 3.02. The lowest BCUT2D eigenvalue weighted by atomic mass is 10.1. The van der Waals surface area contributed by atoms with Crippen molar-refractivity contribution in [2.24, 2.45) is 0 Å². The van der Waals surface area contributed by atoms with Crippen LogP contribution in [0.15, 0.2) is 46.9 Å². The summed E-state index contributed by atoms with van der Waals surface area (Å²) in [6.07, 6.45) is 0. The van der Waals surface area contributed by atoms with Gasteiger partial charge in [-0.15, -0.1) is 0 Å². The highest BCUT2D eigenvalue weighted by atomic mass is 79.9. The summed E-state index contributed by atoms with van der Waals surface area (Å²) in [6, 6.07) is 13.2. The Morgan fingerprint density at radius 2 is 1.96 bits per heavy atom. The van der Waals surface area contributed by atoms with Crippen LogP contribution in [-0.4, -0.2) is 37.1 Å². The van der Waals surface area contributed by atoms with Gasteiger partial charge in [0.2, 0.25) is 5.91 Å². The number of benzene rings is 2. The average molecular weight is 405 g/mol. The number of hydrogen-bond acceptors (Lipinski definition) is 4. The molecule has 1 aliphatic heterocycles. The first-order chi connectivity index (χ1) is 12.0. The van der Waals surface area contributed by atoms with E-state index in [1.165, 1.54) is 0 Å². The first kappa shape index (κ1) is 17.8. The third-order valence-corrected chi connectivity index (χ3v) is 4.66. The van der Waals surface area contributed by atoms with E-state index in [4.69, 9.17) is 9.47 Å². The standard InChI is InChI=1S/C19H21BrN2O3/c1-13(19(23)21-16-5-3-4-15(20)11-16)22(2)12-14-6-7-17-18(10-14)25-9-8-24-17/h3-7,10-11,13H,8-9,12H2,1-2H3,(H,21,23)/t13-/m0/s1. The van der Waals surface area contributed by atoms with Gasteiger partial charge in [-0.05, 0) is 49.9 Å². The molecule has 0 fully saturated rings. The molecule has 1 atom stereocenters. The first-order valence-corrected chi connectivity index (χ1v) is 8.97. The number of ether oxygens (including phenoxy) is 2. The minimum Gasteiger partial charge on any atom is -0.486 e. The van der Waals surface area contributed by atoms with Crippen LogP contribution >= 0.6 is 15.9 Å². The van der Waals surface area contributed by atoms with Crippen molar-refractivity contribution in [3.63, 3.8) is 0 Å². The highest BCUT2D eigenvalue weighted by molar-refractivity contribution is 9.10. The second-order valence-corrected chi connectivity index (χ2v) is 6.98. The summed E-state index contributed by atoms with van der Waals surface area (Å²) >= 11 is 3.41. The maximum Gasteiger partial charge on any atom is 0.241 e. The molecule has 6 heteroatoms. The van der Waals surface area contributed by atoms with Crippen molar-refractivity contribution < 1.29 is 14.3 Å². The number of carbonyl (C=O) groups is 1. The van der Waals surface area contributed by atoms with Crippen LogP contribution in [0.1, 0.15) is 12.5 Å². The van der Waals surface area contributed by atoms with Gasteiger partial charge in [-0.25, -0.2) is 0 Å². The van der Waals surface area contributed by atoms with Crippen molar-refractivity contribution in [2.45, 2.75) is 19.5 Å². The maximum absolute atomic E-state index is 12.5. The Balaban J connectivity index is 1.62. The van der Waals surface area contributed by atoms with Crippen LogP contribution in [0.2, 0.25) is 0 Å². The molecule has 1 N–H and O–H groups in total. The van der Waals surface area contributed by atoms with E-state index >= 15 is 0 Å². The predicted molar refractivity (Wildman–Crippen MR) is 101 cm³/mol. The molecule has 1 amide bonds. The molecule has 2 aromatic carbocycles. The highest BCUT2D eigenvalue weighted by Crippen LogP contribution is 2.31. The van der Waals surface area contributed by atoms with Gasteiger partial charge in [-0.2, -0.15) is 0 Å². The van der Waals surface area contributed by atoms with Crippen LogP contribution < -0.4 is 14.8 Å². The Kier molecular flexibility index (Phi) is 5.60. The van der Waals surface area contributed by atoms with E-state index in [0.717, 1.165) is 27.2 Å². The van der Waals surface area contributed by atoms with Crippen molar-refractivity contribution in [3.8, 4) is 11.5 Å². The minimum absolute atomic E-state index is 0.0434. The van der Waals surface area contributed by atoms with Crippen LogP contribution in [0.5, 0.6) is 11.5 Å². The summed E-state index contributed by atoms with van der Waals surface area (Å²) < 4.78 is 12.1. The molecular weight excluding hydrogens is 384 g/mol. The van der Waals surface area contributed by atoms with Gasteiger partial charge in [0, 0.05) is 16.7 Å². The van der Waals surface area contributed by atoms with Crippen molar-refractivity contribution in [1.29, 1.82) is 0 Å². The molecule has 0 radical (unpaired) electrons. The van der Waals surface area contributed by atoms with Gasteiger partial charge in [0.15, 0.2) is 11.5 Å². The molecule has 1 aliphatic rings. The lowest BCUT2D eigenvalue weighted by molar-refractivity contribution is -0.120. The molecular formula is C19H21BrN2O3. The van der Waals surface area contributed by atoms with Crippen LogP contribution in [-0.2, 0) is 11.3 Å². The monoisotopic (exact) mass is 404 g/mol. The van der Waals surface area contributed by atoms with Gasteiger partial charge < -0.3 is 14.8 Å². The summed E-state index contributed by atoms with van der Waals surface area (Å²) in [6.45, 7) is 3.69. The molecule has 1 heterocycles. The molecule has 3 rings (SSSR count). The Morgan fingerprint density at radius 1 is 1.20 bits per heavy atom. The lowest BCUT2D eigenvalue weighted by Crippen LogP contribution is -2.39. The van der Waals surface area contributed by atoms with Crippen molar-refractivity contribution in [1.82, 2.24) is 4.90 Å². The van der Waals surface area contributed by atoms with Crippen molar-refractivity contribution in [2.75, 3.05) is 25.6 Å². The fourth-order valence-electron chi connectivity index (χ4n) is 2.62. The normalized spacial score (nSPS) is 14.2. The van der Waals surface area contributed by atoms with E-state index in [1.807, 2.05) is 61.3 Å². The Labute approximate surface area is 156 Å². The number of likely N-dealkylation sites (N-methyl/N-ethyl adjacent to an activating group) is 1. The zero-order valence-corrected chi connectivity index (χ0v) is 15.9. The third kappa shape index (κ3) is 4.52. The molecule has 0 aliphatic carbocycles.